The number of hydrogen-bond acceptors (Lipinski definition) is 5. The van der Waals surface area contributed by atoms with Crippen molar-refractivity contribution in [1.82, 2.24) is 20.1 Å². The van der Waals surface area contributed by atoms with Gasteiger partial charge in [-0.1, -0.05) is 77.4 Å². The van der Waals surface area contributed by atoms with Crippen molar-refractivity contribution in [3.8, 4) is 11.4 Å². The van der Waals surface area contributed by atoms with E-state index in [0.29, 0.717) is 27.6 Å². The van der Waals surface area contributed by atoms with Crippen LogP contribution in [-0.4, -0.2) is 26.4 Å². The third-order valence-electron chi connectivity index (χ3n) is 4.99. The van der Waals surface area contributed by atoms with E-state index in [-0.39, 0.29) is 18.3 Å². The van der Waals surface area contributed by atoms with Gasteiger partial charge >= 0.3 is 0 Å². The summed E-state index contributed by atoms with van der Waals surface area (Å²) in [5.74, 6) is 1.47. The summed E-state index contributed by atoms with van der Waals surface area (Å²) < 4.78 is 7.91. The van der Waals surface area contributed by atoms with E-state index in [1.54, 1.807) is 18.2 Å². The molecule has 0 aliphatic heterocycles. The van der Waals surface area contributed by atoms with Crippen LogP contribution in [0.2, 0.25) is 10.0 Å². The number of thioether (sulfide) groups is 1. The van der Waals surface area contributed by atoms with Crippen LogP contribution in [0.3, 0.4) is 0 Å². The fourth-order valence-electron chi connectivity index (χ4n) is 3.22. The third kappa shape index (κ3) is 6.11. The molecule has 0 radical (unpaired) electrons. The zero-order valence-electron chi connectivity index (χ0n) is 18.4. The minimum atomic E-state index is -0.142. The average Bonchev–Trinajstić information content (AvgIpc) is 3.25. The highest BCUT2D eigenvalue weighted by atomic mass is 35.5. The lowest BCUT2D eigenvalue weighted by Gasteiger charge is -2.12. The molecule has 0 fully saturated rings. The highest BCUT2D eigenvalue weighted by Gasteiger charge is 2.17. The summed E-state index contributed by atoms with van der Waals surface area (Å²) >= 11 is 13.4. The molecule has 1 amide bonds. The lowest BCUT2D eigenvalue weighted by molar-refractivity contribution is -0.118. The molecule has 9 heteroatoms. The molecular formula is C25H22Cl2N4O2S. The van der Waals surface area contributed by atoms with Gasteiger partial charge in [-0.3, -0.25) is 9.36 Å². The molecule has 0 atom stereocenters. The predicted molar refractivity (Wildman–Crippen MR) is 136 cm³/mol. The lowest BCUT2D eigenvalue weighted by atomic mass is 10.2. The quantitative estimate of drug-likeness (QED) is 0.284. The second kappa shape index (κ2) is 11.4. The fraction of sp³-hybridized carbons (Fsp3) is 0.160. The highest BCUT2D eigenvalue weighted by molar-refractivity contribution is 7.99. The minimum absolute atomic E-state index is 0.142. The molecule has 174 valence electrons. The Bertz CT molecular complexity index is 1280. The van der Waals surface area contributed by atoms with Gasteiger partial charge in [-0.25, -0.2) is 0 Å². The van der Waals surface area contributed by atoms with Crippen molar-refractivity contribution in [2.45, 2.75) is 25.2 Å². The Morgan fingerprint density at radius 1 is 1.03 bits per heavy atom. The minimum Gasteiger partial charge on any atom is -0.485 e. The van der Waals surface area contributed by atoms with E-state index in [2.05, 4.69) is 15.5 Å². The SMILES string of the molecule is Cc1ccccc1OCc1nnc(SCC(=O)NCc2ccc(Cl)cc2Cl)n1-c1ccccc1. The van der Waals surface area contributed by atoms with Gasteiger partial charge in [0.2, 0.25) is 5.91 Å². The first kappa shape index (κ1) is 24.1. The van der Waals surface area contributed by atoms with Crippen LogP contribution in [0, 0.1) is 6.92 Å². The normalized spacial score (nSPS) is 10.8. The van der Waals surface area contributed by atoms with Gasteiger partial charge in [0.1, 0.15) is 12.4 Å². The van der Waals surface area contributed by atoms with Gasteiger partial charge in [0.25, 0.3) is 0 Å². The number of aryl methyl sites for hydroxylation is 1. The number of carbonyl (C=O) groups is 1. The molecule has 0 saturated carbocycles. The maximum atomic E-state index is 12.5. The van der Waals surface area contributed by atoms with Crippen molar-refractivity contribution in [1.29, 1.82) is 0 Å². The smallest absolute Gasteiger partial charge is 0.230 e. The predicted octanol–water partition coefficient (Wildman–Crippen LogP) is 5.87. The summed E-state index contributed by atoms with van der Waals surface area (Å²) in [4.78, 5) is 12.5. The third-order valence-corrected chi connectivity index (χ3v) is 6.50. The van der Waals surface area contributed by atoms with Crippen LogP contribution in [-0.2, 0) is 17.9 Å². The fourth-order valence-corrected chi connectivity index (χ4v) is 4.50. The second-order valence-electron chi connectivity index (χ2n) is 7.43. The van der Waals surface area contributed by atoms with Crippen LogP contribution in [0.5, 0.6) is 5.75 Å². The van der Waals surface area contributed by atoms with E-state index < -0.39 is 0 Å². The number of halogens is 2. The van der Waals surface area contributed by atoms with Gasteiger partial charge in [-0.15, -0.1) is 10.2 Å². The number of ether oxygens (including phenoxy) is 1. The maximum Gasteiger partial charge on any atom is 0.230 e. The molecule has 0 spiro atoms. The molecule has 0 aliphatic rings. The summed E-state index contributed by atoms with van der Waals surface area (Å²) in [6.45, 7) is 2.55. The molecule has 0 bridgehead atoms. The Morgan fingerprint density at radius 2 is 1.79 bits per heavy atom. The summed E-state index contributed by atoms with van der Waals surface area (Å²) in [6.07, 6.45) is 0. The first-order valence-corrected chi connectivity index (χ1v) is 12.3. The molecular weight excluding hydrogens is 491 g/mol. The molecule has 1 aromatic heterocycles. The van der Waals surface area contributed by atoms with Crippen LogP contribution in [0.25, 0.3) is 5.69 Å². The molecule has 0 unspecified atom stereocenters. The van der Waals surface area contributed by atoms with Crippen molar-refractivity contribution >= 4 is 40.9 Å². The van der Waals surface area contributed by atoms with Gasteiger partial charge in [-0.05, 0) is 48.4 Å². The number of nitrogens with one attached hydrogen (secondary N) is 1. The number of benzene rings is 3. The van der Waals surface area contributed by atoms with Gasteiger partial charge in [0.15, 0.2) is 11.0 Å². The zero-order chi connectivity index (χ0) is 23.9. The number of rotatable bonds is 9. The lowest BCUT2D eigenvalue weighted by Crippen LogP contribution is -2.24. The van der Waals surface area contributed by atoms with E-state index >= 15 is 0 Å². The molecule has 3 aromatic carbocycles. The average molecular weight is 513 g/mol. The van der Waals surface area contributed by atoms with Crippen molar-refractivity contribution in [3.05, 3.63) is 99.8 Å². The van der Waals surface area contributed by atoms with Crippen LogP contribution < -0.4 is 10.1 Å². The first-order valence-electron chi connectivity index (χ1n) is 10.5. The van der Waals surface area contributed by atoms with E-state index in [9.17, 15) is 4.79 Å². The maximum absolute atomic E-state index is 12.5. The van der Waals surface area contributed by atoms with Crippen LogP contribution in [0.15, 0.2) is 78.0 Å². The van der Waals surface area contributed by atoms with Crippen molar-refractivity contribution in [3.63, 3.8) is 0 Å². The molecule has 4 aromatic rings. The van der Waals surface area contributed by atoms with Crippen LogP contribution in [0.4, 0.5) is 0 Å². The van der Waals surface area contributed by atoms with Crippen molar-refractivity contribution in [2.75, 3.05) is 5.75 Å². The van der Waals surface area contributed by atoms with Crippen molar-refractivity contribution < 1.29 is 9.53 Å². The number of aromatic nitrogens is 3. The molecule has 34 heavy (non-hydrogen) atoms. The van der Waals surface area contributed by atoms with Crippen LogP contribution >= 0.6 is 35.0 Å². The molecule has 1 heterocycles. The van der Waals surface area contributed by atoms with Gasteiger partial charge in [0, 0.05) is 22.3 Å². The van der Waals surface area contributed by atoms with Crippen LogP contribution in [0.1, 0.15) is 17.0 Å². The van der Waals surface area contributed by atoms with E-state index in [1.807, 2.05) is 66.1 Å². The number of amides is 1. The molecule has 6 nitrogen and oxygen atoms in total. The van der Waals surface area contributed by atoms with Gasteiger partial charge < -0.3 is 10.1 Å². The van der Waals surface area contributed by atoms with Gasteiger partial charge in [0.05, 0.1) is 5.75 Å². The number of carbonyl (C=O) groups excluding carboxylic acids is 1. The monoisotopic (exact) mass is 512 g/mol. The van der Waals surface area contributed by atoms with Gasteiger partial charge in [-0.2, -0.15) is 0 Å². The van der Waals surface area contributed by atoms with E-state index in [4.69, 9.17) is 27.9 Å². The first-order chi connectivity index (χ1) is 16.5. The second-order valence-corrected chi connectivity index (χ2v) is 9.21. The zero-order valence-corrected chi connectivity index (χ0v) is 20.7. The summed E-state index contributed by atoms with van der Waals surface area (Å²) in [6, 6.07) is 22.8. The number of nitrogens with zero attached hydrogens (tertiary/aromatic N) is 3. The number of hydrogen-bond donors (Lipinski definition) is 1. The Hall–Kier alpha value is -3.00. The molecule has 0 aliphatic carbocycles. The Kier molecular flexibility index (Phi) is 8.11. The number of para-hydroxylation sites is 2. The largest absolute Gasteiger partial charge is 0.485 e. The summed E-state index contributed by atoms with van der Waals surface area (Å²) in [5, 5.41) is 13.2. The Morgan fingerprint density at radius 3 is 2.56 bits per heavy atom. The molecule has 0 saturated heterocycles. The van der Waals surface area contributed by atoms with E-state index in [1.165, 1.54) is 11.8 Å². The Labute approximate surface area is 212 Å². The Balaban J connectivity index is 1.44. The van der Waals surface area contributed by atoms with E-state index in [0.717, 1.165) is 22.6 Å². The molecule has 4 rings (SSSR count). The molecule has 1 N–H and O–H groups in total. The summed E-state index contributed by atoms with van der Waals surface area (Å²) in [5.41, 5.74) is 2.74. The standard InChI is InChI=1S/C25H22Cl2N4O2S/c1-17-7-5-6-10-22(17)33-15-23-29-30-25(31(23)20-8-3-2-4-9-20)34-16-24(32)28-14-18-11-12-19(26)13-21(18)27/h2-13H,14-16H2,1H3,(H,28,32). The van der Waals surface area contributed by atoms with Crippen molar-refractivity contribution in [2.24, 2.45) is 0 Å². The highest BCUT2D eigenvalue weighted by Crippen LogP contribution is 2.24. The topological polar surface area (TPSA) is 69.0 Å². The summed E-state index contributed by atoms with van der Waals surface area (Å²) in [7, 11) is 0.